The molecule has 0 unspecified atom stereocenters. The molecule has 4 nitrogen and oxygen atoms in total. The van der Waals surface area contributed by atoms with E-state index in [1.165, 1.54) is 29.2 Å². The summed E-state index contributed by atoms with van der Waals surface area (Å²) in [5, 5.41) is 0. The molecule has 0 saturated carbocycles. The Balaban J connectivity index is 2.03. The van der Waals surface area contributed by atoms with E-state index in [2.05, 4.69) is 4.98 Å². The van der Waals surface area contributed by atoms with Gasteiger partial charge in [-0.2, -0.15) is 26.3 Å². The highest BCUT2D eigenvalue weighted by Gasteiger charge is 2.37. The van der Waals surface area contributed by atoms with Crippen molar-refractivity contribution in [3.63, 3.8) is 0 Å². The first-order valence-corrected chi connectivity index (χ1v) is 9.85. The molecule has 0 bridgehead atoms. The maximum absolute atomic E-state index is 13.1. The van der Waals surface area contributed by atoms with Gasteiger partial charge >= 0.3 is 12.4 Å². The van der Waals surface area contributed by atoms with E-state index in [4.69, 9.17) is 18.0 Å². The van der Waals surface area contributed by atoms with Gasteiger partial charge in [-0.1, -0.05) is 30.0 Å². The smallest absolute Gasteiger partial charge is 0.329 e. The fourth-order valence-electron chi connectivity index (χ4n) is 2.75. The molecule has 1 aliphatic heterocycles. The molecule has 0 spiro atoms. The monoisotopic (exact) mass is 477 g/mol. The highest BCUT2D eigenvalue weighted by Crippen LogP contribution is 2.38. The second-order valence-corrected chi connectivity index (χ2v) is 8.04. The normalized spacial score (nSPS) is 16.5. The van der Waals surface area contributed by atoms with E-state index >= 15 is 0 Å². The summed E-state index contributed by atoms with van der Waals surface area (Å²) < 4.78 is 79.0. The van der Waals surface area contributed by atoms with Gasteiger partial charge in [-0.3, -0.25) is 9.69 Å². The first-order valence-electron chi connectivity index (χ1n) is 8.62. The third kappa shape index (κ3) is 5.25. The number of nitrogens with two attached hydrogens (primary N) is 1. The zero-order valence-corrected chi connectivity index (χ0v) is 17.1. The molecule has 1 amide bonds. The molecule has 1 fully saturated rings. The van der Waals surface area contributed by atoms with Crippen LogP contribution in [0.5, 0.6) is 0 Å². The Morgan fingerprint density at radius 1 is 1.06 bits per heavy atom. The summed E-state index contributed by atoms with van der Waals surface area (Å²) in [4.78, 5) is 18.0. The minimum absolute atomic E-state index is 0.0517. The van der Waals surface area contributed by atoms with Crippen LogP contribution in [0.25, 0.3) is 17.3 Å². The van der Waals surface area contributed by atoms with Gasteiger partial charge in [0.1, 0.15) is 4.32 Å². The van der Waals surface area contributed by atoms with Crippen molar-refractivity contribution in [3.05, 3.63) is 58.1 Å². The Hall–Kier alpha value is -2.44. The minimum Gasteiger partial charge on any atom is -0.329 e. The first-order chi connectivity index (χ1) is 14.4. The van der Waals surface area contributed by atoms with Crippen LogP contribution in [0.2, 0.25) is 0 Å². The number of amides is 1. The minimum atomic E-state index is -4.97. The number of pyridine rings is 1. The number of thioether (sulfide) groups is 1. The molecule has 164 valence electrons. The number of carbonyl (C=O) groups excluding carboxylic acids is 1. The molecule has 1 saturated heterocycles. The van der Waals surface area contributed by atoms with E-state index in [-0.39, 0.29) is 41.0 Å². The van der Waals surface area contributed by atoms with E-state index in [0.717, 1.165) is 11.8 Å². The lowest BCUT2D eigenvalue weighted by molar-refractivity contribution is -0.143. The summed E-state index contributed by atoms with van der Waals surface area (Å²) in [6.45, 7) is 0.421. The Labute approximate surface area is 182 Å². The third-order valence-electron chi connectivity index (χ3n) is 4.16. The standard InChI is InChI=1S/C19H13F6N3OS2/c20-18(21,22)11-6-10(7-12(8-11)19(23,24)25)14-3-1-2-13(27-14)9-15-16(29)28(5-4-26)17(30)31-15/h1-3,6-9H,4-5,26H2/b15-9-. The number of alkyl halides is 6. The number of carbonyl (C=O) groups is 1. The zero-order valence-electron chi connectivity index (χ0n) is 15.4. The quantitative estimate of drug-likeness (QED) is 0.384. The number of nitrogens with zero attached hydrogens (tertiary/aromatic N) is 2. The summed E-state index contributed by atoms with van der Waals surface area (Å²) in [5.41, 5.74) is 2.29. The van der Waals surface area contributed by atoms with Crippen LogP contribution in [0, 0.1) is 0 Å². The molecule has 0 atom stereocenters. The number of hydrogen-bond donors (Lipinski definition) is 1. The van der Waals surface area contributed by atoms with Gasteiger partial charge in [0, 0.05) is 18.7 Å². The lowest BCUT2D eigenvalue weighted by atomic mass is 10.0. The van der Waals surface area contributed by atoms with Gasteiger partial charge in [0.05, 0.1) is 27.4 Å². The Kier molecular flexibility index (Phi) is 6.44. The van der Waals surface area contributed by atoms with Crippen molar-refractivity contribution in [2.24, 2.45) is 5.73 Å². The average Bonchev–Trinajstić information content (AvgIpc) is 2.94. The summed E-state index contributed by atoms with van der Waals surface area (Å²) in [6, 6.07) is 5.42. The third-order valence-corrected chi connectivity index (χ3v) is 5.54. The van der Waals surface area contributed by atoms with E-state index in [1.54, 1.807) is 0 Å². The van der Waals surface area contributed by atoms with Crippen LogP contribution >= 0.6 is 24.0 Å². The van der Waals surface area contributed by atoms with Gasteiger partial charge in [0.25, 0.3) is 5.91 Å². The lowest BCUT2D eigenvalue weighted by Crippen LogP contribution is -2.32. The molecule has 0 radical (unpaired) electrons. The van der Waals surface area contributed by atoms with Crippen molar-refractivity contribution in [2.45, 2.75) is 12.4 Å². The molecule has 2 aromatic rings. The van der Waals surface area contributed by atoms with Crippen molar-refractivity contribution in [1.29, 1.82) is 0 Å². The molecule has 2 heterocycles. The first kappa shape index (κ1) is 23.2. The summed E-state index contributed by atoms with van der Waals surface area (Å²) in [6.07, 6.45) is -8.56. The highest BCUT2D eigenvalue weighted by molar-refractivity contribution is 8.26. The second kappa shape index (κ2) is 8.60. The van der Waals surface area contributed by atoms with Gasteiger partial charge in [-0.05, 0) is 36.4 Å². The fraction of sp³-hybridized carbons (Fsp3) is 0.211. The molecule has 1 aromatic carbocycles. The van der Waals surface area contributed by atoms with E-state index in [9.17, 15) is 31.1 Å². The zero-order chi connectivity index (χ0) is 23.0. The van der Waals surface area contributed by atoms with Gasteiger partial charge in [-0.15, -0.1) is 0 Å². The largest absolute Gasteiger partial charge is 0.416 e. The lowest BCUT2D eigenvalue weighted by Gasteiger charge is -2.14. The van der Waals surface area contributed by atoms with Crippen molar-refractivity contribution < 1.29 is 31.1 Å². The number of aromatic nitrogens is 1. The fourth-order valence-corrected chi connectivity index (χ4v) is 4.04. The van der Waals surface area contributed by atoms with E-state index in [1.807, 2.05) is 0 Å². The summed E-state index contributed by atoms with van der Waals surface area (Å²) in [5.74, 6) is -0.397. The topological polar surface area (TPSA) is 59.2 Å². The van der Waals surface area contributed by atoms with Crippen molar-refractivity contribution in [3.8, 4) is 11.3 Å². The SMILES string of the molecule is NCCN1C(=O)/C(=C/c2cccc(-c3cc(C(F)(F)F)cc(C(F)(F)F)c3)n2)SC1=S. The van der Waals surface area contributed by atoms with Gasteiger partial charge < -0.3 is 5.73 Å². The van der Waals surface area contributed by atoms with E-state index in [0.29, 0.717) is 16.5 Å². The highest BCUT2D eigenvalue weighted by atomic mass is 32.2. The maximum atomic E-state index is 13.1. The predicted octanol–water partition coefficient (Wildman–Crippen LogP) is 4.95. The molecular weight excluding hydrogens is 464 g/mol. The summed E-state index contributed by atoms with van der Waals surface area (Å²) in [7, 11) is 0. The molecular formula is C19H13F6N3OS2. The molecule has 12 heteroatoms. The van der Waals surface area contributed by atoms with Crippen LogP contribution in [0.4, 0.5) is 26.3 Å². The van der Waals surface area contributed by atoms with Crippen LogP contribution < -0.4 is 5.73 Å². The van der Waals surface area contributed by atoms with Crippen LogP contribution in [0.1, 0.15) is 16.8 Å². The molecule has 0 aliphatic carbocycles. The van der Waals surface area contributed by atoms with Crippen LogP contribution in [-0.2, 0) is 17.1 Å². The number of hydrogen-bond acceptors (Lipinski definition) is 5. The second-order valence-electron chi connectivity index (χ2n) is 6.36. The van der Waals surface area contributed by atoms with Crippen LogP contribution in [0.15, 0.2) is 41.3 Å². The van der Waals surface area contributed by atoms with Gasteiger partial charge in [0.15, 0.2) is 0 Å². The van der Waals surface area contributed by atoms with Crippen LogP contribution in [0.3, 0.4) is 0 Å². The number of rotatable bonds is 4. The average molecular weight is 477 g/mol. The molecule has 1 aromatic heterocycles. The van der Waals surface area contributed by atoms with Gasteiger partial charge in [0.2, 0.25) is 0 Å². The molecule has 1 aliphatic rings. The molecule has 3 rings (SSSR count). The van der Waals surface area contributed by atoms with Crippen molar-refractivity contribution in [1.82, 2.24) is 9.88 Å². The number of halogens is 6. The molecule has 2 N–H and O–H groups in total. The van der Waals surface area contributed by atoms with Gasteiger partial charge in [-0.25, -0.2) is 4.98 Å². The Morgan fingerprint density at radius 2 is 1.68 bits per heavy atom. The van der Waals surface area contributed by atoms with Crippen molar-refractivity contribution >= 4 is 40.3 Å². The summed E-state index contributed by atoms with van der Waals surface area (Å²) >= 11 is 6.12. The Bertz CT molecular complexity index is 1030. The Morgan fingerprint density at radius 3 is 2.23 bits per heavy atom. The molecule has 31 heavy (non-hydrogen) atoms. The maximum Gasteiger partial charge on any atom is 0.416 e. The predicted molar refractivity (Wildman–Crippen MR) is 109 cm³/mol. The number of benzene rings is 1. The number of thiocarbonyl (C=S) groups is 1. The van der Waals surface area contributed by atoms with E-state index < -0.39 is 29.4 Å². The van der Waals surface area contributed by atoms with Crippen LogP contribution in [-0.4, -0.2) is 33.2 Å². The van der Waals surface area contributed by atoms with Crippen molar-refractivity contribution in [2.75, 3.05) is 13.1 Å².